The quantitative estimate of drug-likeness (QED) is 0.893. The summed E-state index contributed by atoms with van der Waals surface area (Å²) >= 11 is 3.33. The van der Waals surface area contributed by atoms with Gasteiger partial charge in [-0.3, -0.25) is 0 Å². The molecule has 0 aromatic heterocycles. The van der Waals surface area contributed by atoms with Crippen LogP contribution in [0.25, 0.3) is 0 Å². The average molecular weight is 286 g/mol. The zero-order valence-corrected chi connectivity index (χ0v) is 10.2. The maximum Gasteiger partial charge on any atom is 0.331 e. The number of anilines is 1. The predicted molar refractivity (Wildman–Crippen MR) is 63.6 cm³/mol. The Bertz CT molecular complexity index is 385. The fraction of sp³-hybridized carbons (Fsp3) is 0.364. The van der Waals surface area contributed by atoms with Crippen molar-refractivity contribution in [2.75, 3.05) is 18.5 Å². The molecule has 0 spiro atoms. The highest BCUT2D eigenvalue weighted by Crippen LogP contribution is 2.25. The molecule has 1 aliphatic heterocycles. The molecular weight excluding hydrogens is 274 g/mol. The van der Waals surface area contributed by atoms with Crippen molar-refractivity contribution in [3.63, 3.8) is 0 Å². The zero-order chi connectivity index (χ0) is 11.6. The molecule has 1 atom stereocenters. The Morgan fingerprint density at radius 1 is 1.44 bits per heavy atom. The molecule has 1 fully saturated rings. The molecular formula is C11H12BrNO3. The molecule has 0 aliphatic carbocycles. The van der Waals surface area contributed by atoms with Crippen LogP contribution in [-0.2, 0) is 9.53 Å². The molecule has 1 saturated heterocycles. The van der Waals surface area contributed by atoms with E-state index in [-0.39, 0.29) is 6.61 Å². The third-order valence-electron chi connectivity index (χ3n) is 2.66. The van der Waals surface area contributed by atoms with Crippen molar-refractivity contribution < 1.29 is 14.6 Å². The average Bonchev–Trinajstić information content (AvgIpc) is 2.71. The molecule has 2 rings (SSSR count). The Morgan fingerprint density at radius 2 is 2.12 bits per heavy atom. The Labute approximate surface area is 102 Å². The summed E-state index contributed by atoms with van der Waals surface area (Å²) in [6.45, 7) is 0.689. The first-order valence-electron chi connectivity index (χ1n) is 4.97. The lowest BCUT2D eigenvalue weighted by Crippen LogP contribution is -2.46. The molecule has 0 amide bonds. The first-order valence-corrected chi connectivity index (χ1v) is 5.77. The number of benzene rings is 1. The molecule has 4 nitrogen and oxygen atoms in total. The predicted octanol–water partition coefficient (Wildman–Crippen LogP) is 2.10. The van der Waals surface area contributed by atoms with Crippen molar-refractivity contribution in [3.05, 3.63) is 28.7 Å². The molecule has 1 unspecified atom stereocenters. The van der Waals surface area contributed by atoms with Gasteiger partial charge in [-0.15, -0.1) is 0 Å². The number of ether oxygens (including phenoxy) is 1. The summed E-state index contributed by atoms with van der Waals surface area (Å²) in [4.78, 5) is 11.2. The van der Waals surface area contributed by atoms with Gasteiger partial charge in [0.1, 0.15) is 0 Å². The lowest BCUT2D eigenvalue weighted by Gasteiger charge is -2.24. The summed E-state index contributed by atoms with van der Waals surface area (Å²) < 4.78 is 6.13. The number of carbonyl (C=O) groups is 1. The molecule has 86 valence electrons. The van der Waals surface area contributed by atoms with Crippen LogP contribution in [0.1, 0.15) is 6.42 Å². The van der Waals surface area contributed by atoms with Crippen molar-refractivity contribution >= 4 is 27.6 Å². The van der Waals surface area contributed by atoms with Gasteiger partial charge in [-0.2, -0.15) is 0 Å². The fourth-order valence-electron chi connectivity index (χ4n) is 1.70. The number of halogens is 1. The van der Waals surface area contributed by atoms with Gasteiger partial charge in [-0.1, -0.05) is 15.9 Å². The van der Waals surface area contributed by atoms with Gasteiger partial charge in [-0.05, 0) is 24.3 Å². The summed E-state index contributed by atoms with van der Waals surface area (Å²) in [6.07, 6.45) is 0.485. The summed E-state index contributed by atoms with van der Waals surface area (Å²) in [7, 11) is 0. The second kappa shape index (κ2) is 4.43. The van der Waals surface area contributed by atoms with E-state index in [1.807, 2.05) is 24.3 Å². The van der Waals surface area contributed by atoms with Gasteiger partial charge in [0.15, 0.2) is 5.54 Å². The number of carboxylic acid groups (broad SMARTS) is 1. The molecule has 0 bridgehead atoms. The van der Waals surface area contributed by atoms with E-state index >= 15 is 0 Å². The van der Waals surface area contributed by atoms with Crippen LogP contribution >= 0.6 is 15.9 Å². The maximum absolute atomic E-state index is 11.2. The standard InChI is InChI=1S/C11H12BrNO3/c12-8-1-3-9(4-2-8)13-11(10(14)15)5-6-16-7-11/h1-4,13H,5-7H2,(H,14,15). The van der Waals surface area contributed by atoms with E-state index in [1.54, 1.807) is 0 Å². The smallest absolute Gasteiger partial charge is 0.331 e. The number of nitrogens with one attached hydrogen (secondary N) is 1. The maximum atomic E-state index is 11.2. The second-order valence-electron chi connectivity index (χ2n) is 3.82. The zero-order valence-electron chi connectivity index (χ0n) is 8.57. The number of hydrogen-bond acceptors (Lipinski definition) is 3. The van der Waals surface area contributed by atoms with Crippen LogP contribution in [0.2, 0.25) is 0 Å². The molecule has 1 heterocycles. The van der Waals surface area contributed by atoms with Crippen molar-refractivity contribution in [1.82, 2.24) is 0 Å². The molecule has 0 saturated carbocycles. The molecule has 5 heteroatoms. The van der Waals surface area contributed by atoms with Gasteiger partial charge in [-0.25, -0.2) is 4.79 Å². The van der Waals surface area contributed by atoms with Crippen LogP contribution in [0.4, 0.5) is 5.69 Å². The van der Waals surface area contributed by atoms with Crippen molar-refractivity contribution in [3.8, 4) is 0 Å². The fourth-order valence-corrected chi connectivity index (χ4v) is 1.96. The van der Waals surface area contributed by atoms with E-state index in [9.17, 15) is 9.90 Å². The molecule has 1 aromatic carbocycles. The normalized spacial score (nSPS) is 24.3. The Morgan fingerprint density at radius 3 is 2.62 bits per heavy atom. The SMILES string of the molecule is O=C(O)C1(Nc2ccc(Br)cc2)CCOC1. The summed E-state index contributed by atoms with van der Waals surface area (Å²) in [6, 6.07) is 7.42. The number of rotatable bonds is 3. The van der Waals surface area contributed by atoms with E-state index in [1.165, 1.54) is 0 Å². The van der Waals surface area contributed by atoms with Gasteiger partial charge >= 0.3 is 5.97 Å². The highest BCUT2D eigenvalue weighted by Gasteiger charge is 2.42. The summed E-state index contributed by atoms with van der Waals surface area (Å²) in [5.74, 6) is -0.868. The van der Waals surface area contributed by atoms with E-state index < -0.39 is 11.5 Å². The van der Waals surface area contributed by atoms with Crippen LogP contribution in [-0.4, -0.2) is 29.8 Å². The Hall–Kier alpha value is -1.07. The van der Waals surface area contributed by atoms with Crippen molar-refractivity contribution in [1.29, 1.82) is 0 Å². The van der Waals surface area contributed by atoms with Gasteiger partial charge in [0.25, 0.3) is 0 Å². The van der Waals surface area contributed by atoms with E-state index in [0.29, 0.717) is 13.0 Å². The number of aliphatic carboxylic acids is 1. The first kappa shape index (κ1) is 11.4. The first-order chi connectivity index (χ1) is 7.62. The highest BCUT2D eigenvalue weighted by atomic mass is 79.9. The largest absolute Gasteiger partial charge is 0.479 e. The van der Waals surface area contributed by atoms with Crippen LogP contribution < -0.4 is 5.32 Å². The van der Waals surface area contributed by atoms with Crippen LogP contribution in [0, 0.1) is 0 Å². The van der Waals surface area contributed by atoms with Crippen molar-refractivity contribution in [2.45, 2.75) is 12.0 Å². The highest BCUT2D eigenvalue weighted by molar-refractivity contribution is 9.10. The summed E-state index contributed by atoms with van der Waals surface area (Å²) in [5, 5.41) is 12.3. The van der Waals surface area contributed by atoms with Crippen molar-refractivity contribution in [2.24, 2.45) is 0 Å². The van der Waals surface area contributed by atoms with Gasteiger partial charge < -0.3 is 15.2 Å². The second-order valence-corrected chi connectivity index (χ2v) is 4.74. The van der Waals surface area contributed by atoms with Gasteiger partial charge in [0, 0.05) is 23.2 Å². The Balaban J connectivity index is 2.18. The summed E-state index contributed by atoms with van der Waals surface area (Å²) in [5.41, 5.74) is -0.190. The van der Waals surface area contributed by atoms with Gasteiger partial charge in [0.2, 0.25) is 0 Å². The van der Waals surface area contributed by atoms with E-state index in [0.717, 1.165) is 10.2 Å². The molecule has 0 radical (unpaired) electrons. The van der Waals surface area contributed by atoms with Crippen LogP contribution in [0.3, 0.4) is 0 Å². The topological polar surface area (TPSA) is 58.6 Å². The molecule has 16 heavy (non-hydrogen) atoms. The minimum atomic E-state index is -0.978. The van der Waals surface area contributed by atoms with Gasteiger partial charge in [0.05, 0.1) is 6.61 Å². The number of hydrogen-bond donors (Lipinski definition) is 2. The lowest BCUT2D eigenvalue weighted by atomic mass is 9.98. The minimum Gasteiger partial charge on any atom is -0.479 e. The monoisotopic (exact) mass is 285 g/mol. The molecule has 1 aliphatic rings. The third kappa shape index (κ3) is 2.20. The van der Waals surface area contributed by atoms with E-state index in [4.69, 9.17) is 4.74 Å². The molecule has 1 aromatic rings. The Kier molecular flexibility index (Phi) is 3.16. The van der Waals surface area contributed by atoms with Crippen LogP contribution in [0.15, 0.2) is 28.7 Å². The van der Waals surface area contributed by atoms with E-state index in [2.05, 4.69) is 21.2 Å². The third-order valence-corrected chi connectivity index (χ3v) is 3.19. The lowest BCUT2D eigenvalue weighted by molar-refractivity contribution is -0.142. The minimum absolute atomic E-state index is 0.207. The molecule has 2 N–H and O–H groups in total. The van der Waals surface area contributed by atoms with Crippen LogP contribution in [0.5, 0.6) is 0 Å². The number of carboxylic acids is 1.